The average molecular weight is 1850 g/mol. The summed E-state index contributed by atoms with van der Waals surface area (Å²) in [5.41, 5.74) is 9.58. The van der Waals surface area contributed by atoms with Gasteiger partial charge in [0.25, 0.3) is 6.47 Å². The van der Waals surface area contributed by atoms with Crippen molar-refractivity contribution in [1.82, 2.24) is 56.1 Å². The summed E-state index contributed by atoms with van der Waals surface area (Å²) in [6.45, 7) is 3.67. The summed E-state index contributed by atoms with van der Waals surface area (Å²) in [6.07, 6.45) is 3.58. The second-order valence-electron chi connectivity index (χ2n) is 35.6. The van der Waals surface area contributed by atoms with Crippen LogP contribution in [-0.4, -0.2) is 249 Å². The van der Waals surface area contributed by atoms with Crippen LogP contribution in [0.2, 0.25) is 0 Å². The molecule has 2 fully saturated rings. The van der Waals surface area contributed by atoms with Crippen LogP contribution in [0.4, 0.5) is 0 Å². The first kappa shape index (κ1) is 104. The Morgan fingerprint density at radius 2 is 1.02 bits per heavy atom. The third kappa shape index (κ3) is 32.0. The highest BCUT2D eigenvalue weighted by molar-refractivity contribution is 8.00. The lowest BCUT2D eigenvalue weighted by atomic mass is 9.79. The molecule has 32 heteroatoms. The number of aromatic hydroxyl groups is 2. The summed E-state index contributed by atoms with van der Waals surface area (Å²) in [5, 5.41) is 35.8. The molecule has 6 aromatic carbocycles. The van der Waals surface area contributed by atoms with Crippen LogP contribution in [0.3, 0.4) is 0 Å². The van der Waals surface area contributed by atoms with Gasteiger partial charge in [-0.15, -0.1) is 11.8 Å². The second-order valence-corrected chi connectivity index (χ2v) is 36.7. The zero-order valence-corrected chi connectivity index (χ0v) is 78.0. The SMILES string of the molecule is CCCC[C@H]1C(=O)N(C)CC(=O)C[C@@H](COC=O)C(=O)C[C@@H](CC2CCCCC2)C(=O)N(C)[C@@H](Cc2ccccc2)C(=O)N[C@@H](Cc2ccc(O)cc2)C(=O)N(C)CC(=O)N[C@@H](Cc2c[nH]c3ccccc23)C(=O)C[C@@H](Cc2ccc(O)cc2)C(=O)N[C@@H](CC(C)C)C(=O)N[C@H](C(=O)CCC(N)=O)CSCC(=O)N[C@@H](Cc2ccccc2)C(=O)N(C)[C@@H](Cc2ccccc2)C(=O)N1C. The van der Waals surface area contributed by atoms with Crippen LogP contribution in [-0.2, 0) is 120 Å². The molecule has 2 aliphatic rings. The molecular formula is C101H128N12O19S. The monoisotopic (exact) mass is 1840 g/mol. The molecule has 1 saturated heterocycles. The number of H-pyrrole nitrogens is 1. The van der Waals surface area contributed by atoms with E-state index in [2.05, 4.69) is 31.6 Å². The Labute approximate surface area is 781 Å². The number of nitrogens with one attached hydrogen (secondary N) is 6. The smallest absolute Gasteiger partial charge is 0.293 e. The zero-order valence-electron chi connectivity index (χ0n) is 77.2. The quantitative estimate of drug-likeness (QED) is 0.0233. The Morgan fingerprint density at radius 3 is 1.62 bits per heavy atom. The molecule has 9 rings (SSSR count). The minimum absolute atomic E-state index is 0.0335. The number of aromatic nitrogens is 1. The van der Waals surface area contributed by atoms with E-state index in [4.69, 9.17) is 10.5 Å². The Kier molecular flexibility index (Phi) is 40.5. The van der Waals surface area contributed by atoms with Crippen molar-refractivity contribution >= 4 is 117 Å². The number of hydrogen-bond acceptors (Lipinski definition) is 20. The van der Waals surface area contributed by atoms with Gasteiger partial charge in [-0.25, -0.2) is 0 Å². The summed E-state index contributed by atoms with van der Waals surface area (Å²) in [5.74, 6) is -16.1. The average Bonchev–Trinajstić information content (AvgIpc) is 1.08. The molecule has 31 nitrogen and oxygen atoms in total. The van der Waals surface area contributed by atoms with Crippen LogP contribution in [0.1, 0.15) is 150 Å². The molecule has 0 bridgehead atoms. The molecule has 7 aromatic rings. The molecule has 1 saturated carbocycles. The molecule has 133 heavy (non-hydrogen) atoms. The van der Waals surface area contributed by atoms with E-state index < -0.39 is 212 Å². The zero-order chi connectivity index (χ0) is 96.4. The molecule has 1 aliphatic carbocycles. The number of thioether (sulfide) groups is 1. The van der Waals surface area contributed by atoms with Gasteiger partial charge in [0.2, 0.25) is 65.0 Å². The number of phenols is 2. The number of ether oxygens (including phenoxy) is 1. The van der Waals surface area contributed by atoms with Gasteiger partial charge in [-0.1, -0.05) is 199 Å². The third-order valence-electron chi connectivity index (χ3n) is 24.8. The van der Waals surface area contributed by atoms with Crippen molar-refractivity contribution in [3.8, 4) is 11.5 Å². The fraction of sp³-hybridized carbons (Fsp3) is 0.465. The Bertz CT molecular complexity index is 5130. The topological polar surface area (TPSA) is 441 Å². The third-order valence-corrected chi connectivity index (χ3v) is 25.9. The summed E-state index contributed by atoms with van der Waals surface area (Å²) < 4.78 is 5.25. The largest absolute Gasteiger partial charge is 0.508 e. The van der Waals surface area contributed by atoms with Crippen LogP contribution >= 0.6 is 11.8 Å². The number of carbonyl (C=O) groups is 16. The van der Waals surface area contributed by atoms with Gasteiger partial charge in [0.05, 0.1) is 36.8 Å². The van der Waals surface area contributed by atoms with Crippen molar-refractivity contribution < 1.29 is 91.7 Å². The predicted molar refractivity (Wildman–Crippen MR) is 503 cm³/mol. The molecule has 11 atom stereocenters. The number of hydrogen-bond donors (Lipinski definition) is 9. The van der Waals surface area contributed by atoms with Crippen LogP contribution in [0.5, 0.6) is 11.5 Å². The number of fused-ring (bicyclic) bond motifs is 1. The van der Waals surface area contributed by atoms with Crippen molar-refractivity contribution in [2.24, 2.45) is 35.3 Å². The number of primary amides is 1. The van der Waals surface area contributed by atoms with Crippen LogP contribution in [0.25, 0.3) is 10.9 Å². The molecule has 11 amide bonds. The fourth-order valence-electron chi connectivity index (χ4n) is 17.4. The maximum Gasteiger partial charge on any atom is 0.293 e. The number of aromatic amines is 1. The van der Waals surface area contributed by atoms with E-state index in [1.54, 1.807) is 135 Å². The first-order valence-corrected chi connectivity index (χ1v) is 46.9. The van der Waals surface area contributed by atoms with E-state index in [9.17, 15) is 34.2 Å². The van der Waals surface area contributed by atoms with E-state index in [0.29, 0.717) is 57.1 Å². The van der Waals surface area contributed by atoms with E-state index in [-0.39, 0.29) is 93.3 Å². The number of rotatable bonds is 26. The van der Waals surface area contributed by atoms with Crippen LogP contribution in [0.15, 0.2) is 170 Å². The van der Waals surface area contributed by atoms with Crippen molar-refractivity contribution in [2.45, 2.75) is 204 Å². The Balaban J connectivity index is 1.12. The number of likely N-dealkylation sites (N-methyl/N-ethyl adjacent to an activating group) is 5. The normalized spacial score (nSPS) is 22.6. The molecular weight excluding hydrogens is 1720 g/mol. The van der Waals surface area contributed by atoms with Gasteiger partial charge in [0.15, 0.2) is 17.3 Å². The first-order valence-electron chi connectivity index (χ1n) is 45.7. The molecule has 10 N–H and O–H groups in total. The molecule has 0 unspecified atom stereocenters. The number of nitrogens with two attached hydrogens (primary N) is 1. The van der Waals surface area contributed by atoms with Gasteiger partial charge in [0, 0.05) is 134 Å². The maximum atomic E-state index is 15.8. The number of benzene rings is 6. The van der Waals surface area contributed by atoms with Crippen molar-refractivity contribution in [3.05, 3.63) is 203 Å². The summed E-state index contributed by atoms with van der Waals surface area (Å²) in [4.78, 5) is 247. The predicted octanol–water partition coefficient (Wildman–Crippen LogP) is 7.84. The van der Waals surface area contributed by atoms with E-state index in [0.717, 1.165) is 53.7 Å². The molecule has 1 aromatic heterocycles. The number of phenolic OH excluding ortho intramolecular Hbond substituents is 2. The van der Waals surface area contributed by atoms with Gasteiger partial charge in [0.1, 0.15) is 60.1 Å². The van der Waals surface area contributed by atoms with Crippen LogP contribution < -0.4 is 32.3 Å². The minimum Gasteiger partial charge on any atom is -0.508 e. The number of Topliss-reactive ketones (excluding diaryl/α,β-unsaturated/α-hetero) is 4. The molecule has 2 heterocycles. The minimum atomic E-state index is -1.51. The highest BCUT2D eigenvalue weighted by Gasteiger charge is 2.43. The van der Waals surface area contributed by atoms with Gasteiger partial charge < -0.3 is 76.8 Å². The number of carbonyl (C=O) groups excluding carboxylic acids is 16. The van der Waals surface area contributed by atoms with E-state index in [1.807, 2.05) is 19.1 Å². The van der Waals surface area contributed by atoms with Crippen molar-refractivity contribution in [3.63, 3.8) is 0 Å². The number of para-hydroxylation sites is 1. The van der Waals surface area contributed by atoms with Crippen molar-refractivity contribution in [1.29, 1.82) is 0 Å². The van der Waals surface area contributed by atoms with Gasteiger partial charge in [-0.3, -0.25) is 76.7 Å². The number of amides is 11. The van der Waals surface area contributed by atoms with Crippen molar-refractivity contribution in [2.75, 3.05) is 66.4 Å². The highest BCUT2D eigenvalue weighted by Crippen LogP contribution is 2.34. The molecule has 0 radical (unpaired) electrons. The van der Waals surface area contributed by atoms with E-state index >= 15 is 52.7 Å². The Morgan fingerprint density at radius 1 is 0.496 bits per heavy atom. The Hall–Kier alpha value is -12.9. The second kappa shape index (κ2) is 51.8. The number of unbranched alkanes of at least 4 members (excludes halogenated alkanes) is 1. The molecule has 1 aliphatic heterocycles. The standard InChI is InChI=1S/C101H128N12O19S/c1-9-10-35-85-100(130)109(4)58-77(117)53-74(60-132-63-114)89(119)56-72(48-65-25-15-11-16-26-65)97(127)112(7)86(51-67-29-19-13-20-30-67)96(126)107-82(50-70-38-42-76(116)43-39-70)98(128)110(5)59-92(122)104-80(54-73-57-103-79-34-24-23-33-78(73)79)90(120)55-71(47-69-36-40-75(115)41-37-69)94(124)106-81(46-64(2)3)95(125)108-84(88(118)44-45-91(102)121)61-133-62-93(123)105-83(49-66-27-17-12-18-28-66)99(129)113(8)87(101(131)111(85)6)52-68-31-21-14-22-32-68/h12-14,17-24,27-34,36-43,57,63-65,71-72,74,80-87,103,115-116H,9-11,15-16,25-26,35,44-56,58-62H2,1-8H3,(H2,102,121)(H,104,122)(H,105,123)(H,106,124)(H,107,126)(H,108,125)/t71-,72-,74+,80+,81+,82+,83+,84+,85+,86+,87+/m1/s1. The highest BCUT2D eigenvalue weighted by atomic mass is 32.2. The number of ketones is 4. The fourth-order valence-corrected chi connectivity index (χ4v) is 18.3. The summed E-state index contributed by atoms with van der Waals surface area (Å²) >= 11 is 0.896. The lowest BCUT2D eigenvalue weighted by Gasteiger charge is -2.37. The lowest BCUT2D eigenvalue weighted by molar-refractivity contribution is -0.151. The summed E-state index contributed by atoms with van der Waals surface area (Å²) in [7, 11) is 6.95. The van der Waals surface area contributed by atoms with Crippen LogP contribution in [0, 0.1) is 29.6 Å². The lowest BCUT2D eigenvalue weighted by Crippen LogP contribution is -2.58. The number of nitrogens with zero attached hydrogens (tertiary/aromatic N) is 5. The van der Waals surface area contributed by atoms with Gasteiger partial charge in [-0.05, 0) is 101 Å². The van der Waals surface area contributed by atoms with Gasteiger partial charge in [-0.2, -0.15) is 0 Å². The maximum absolute atomic E-state index is 15.8. The molecule has 0 spiro atoms. The van der Waals surface area contributed by atoms with E-state index in [1.165, 1.54) is 86.3 Å². The summed E-state index contributed by atoms with van der Waals surface area (Å²) in [6, 6.07) is 34.1. The first-order chi connectivity index (χ1) is 63.7. The van der Waals surface area contributed by atoms with Gasteiger partial charge >= 0.3 is 0 Å². The molecule has 712 valence electrons.